The SMILES string of the molecule is COC(=O)C(C)NC(=O)c1cc(Br)ccc1Cl. The lowest BCUT2D eigenvalue weighted by atomic mass is 10.2. The summed E-state index contributed by atoms with van der Waals surface area (Å²) < 4.78 is 5.24. The first-order valence-corrected chi connectivity index (χ1v) is 5.96. The number of esters is 1. The molecule has 0 aromatic heterocycles. The van der Waals surface area contributed by atoms with Gasteiger partial charge in [0, 0.05) is 4.47 Å². The maximum absolute atomic E-state index is 11.8. The number of hydrogen-bond donors (Lipinski definition) is 1. The van der Waals surface area contributed by atoms with E-state index in [9.17, 15) is 9.59 Å². The molecule has 0 bridgehead atoms. The van der Waals surface area contributed by atoms with Crippen molar-refractivity contribution in [3.63, 3.8) is 0 Å². The second-order valence-corrected chi connectivity index (χ2v) is 4.67. The molecular weight excluding hydrogens is 309 g/mol. The van der Waals surface area contributed by atoms with Gasteiger partial charge in [-0.15, -0.1) is 0 Å². The van der Waals surface area contributed by atoms with Crippen LogP contribution in [-0.2, 0) is 9.53 Å². The number of methoxy groups -OCH3 is 1. The van der Waals surface area contributed by atoms with Crippen molar-refractivity contribution in [1.82, 2.24) is 5.32 Å². The van der Waals surface area contributed by atoms with E-state index in [0.717, 1.165) is 4.47 Å². The topological polar surface area (TPSA) is 55.4 Å². The summed E-state index contributed by atoms with van der Waals surface area (Å²) in [5, 5.41) is 2.82. The predicted octanol–water partition coefficient (Wildman–Crippen LogP) is 2.39. The molecule has 1 amide bonds. The van der Waals surface area contributed by atoms with Crippen molar-refractivity contribution >= 4 is 39.4 Å². The van der Waals surface area contributed by atoms with E-state index in [0.29, 0.717) is 10.6 Å². The second-order valence-electron chi connectivity index (χ2n) is 3.34. The Kier molecular flexibility index (Phi) is 4.96. The Morgan fingerprint density at radius 2 is 2.12 bits per heavy atom. The minimum absolute atomic E-state index is 0.303. The highest BCUT2D eigenvalue weighted by Crippen LogP contribution is 2.20. The van der Waals surface area contributed by atoms with Crippen LogP contribution in [0.25, 0.3) is 0 Å². The van der Waals surface area contributed by atoms with Gasteiger partial charge < -0.3 is 10.1 Å². The summed E-state index contributed by atoms with van der Waals surface area (Å²) in [4.78, 5) is 23.0. The molecule has 1 rings (SSSR count). The van der Waals surface area contributed by atoms with E-state index in [1.807, 2.05) is 0 Å². The van der Waals surface area contributed by atoms with Crippen molar-refractivity contribution in [3.8, 4) is 0 Å². The monoisotopic (exact) mass is 319 g/mol. The van der Waals surface area contributed by atoms with Gasteiger partial charge in [0.25, 0.3) is 5.91 Å². The van der Waals surface area contributed by atoms with Crippen molar-refractivity contribution < 1.29 is 14.3 Å². The van der Waals surface area contributed by atoms with Crippen LogP contribution < -0.4 is 5.32 Å². The largest absolute Gasteiger partial charge is 0.467 e. The maximum atomic E-state index is 11.8. The smallest absolute Gasteiger partial charge is 0.328 e. The van der Waals surface area contributed by atoms with E-state index in [1.165, 1.54) is 14.0 Å². The lowest BCUT2D eigenvalue weighted by Gasteiger charge is -2.12. The Balaban J connectivity index is 2.83. The number of amides is 1. The number of carbonyl (C=O) groups excluding carboxylic acids is 2. The molecule has 0 fully saturated rings. The summed E-state index contributed by atoms with van der Waals surface area (Å²) in [6, 6.07) is 4.19. The normalized spacial score (nSPS) is 11.8. The molecule has 0 aliphatic rings. The van der Waals surface area contributed by atoms with Gasteiger partial charge in [-0.05, 0) is 25.1 Å². The van der Waals surface area contributed by atoms with Crippen molar-refractivity contribution in [2.24, 2.45) is 0 Å². The fourth-order valence-corrected chi connectivity index (χ4v) is 1.75. The summed E-state index contributed by atoms with van der Waals surface area (Å²) >= 11 is 9.13. The summed E-state index contributed by atoms with van der Waals surface area (Å²) in [5.74, 6) is -0.932. The quantitative estimate of drug-likeness (QED) is 0.870. The Morgan fingerprint density at radius 3 is 2.71 bits per heavy atom. The number of carbonyl (C=O) groups is 2. The van der Waals surface area contributed by atoms with Gasteiger partial charge in [-0.1, -0.05) is 27.5 Å². The second kappa shape index (κ2) is 6.02. The molecule has 0 saturated carbocycles. The number of rotatable bonds is 3. The summed E-state index contributed by atoms with van der Waals surface area (Å²) in [6.07, 6.45) is 0. The minimum Gasteiger partial charge on any atom is -0.467 e. The highest BCUT2D eigenvalue weighted by Gasteiger charge is 2.18. The molecule has 0 radical (unpaired) electrons. The Hall–Kier alpha value is -1.07. The van der Waals surface area contributed by atoms with Crippen molar-refractivity contribution in [2.45, 2.75) is 13.0 Å². The maximum Gasteiger partial charge on any atom is 0.328 e. The van der Waals surface area contributed by atoms with Crippen molar-refractivity contribution in [1.29, 1.82) is 0 Å². The molecule has 1 atom stereocenters. The van der Waals surface area contributed by atoms with Crippen LogP contribution in [0.1, 0.15) is 17.3 Å². The predicted molar refractivity (Wildman–Crippen MR) is 68.1 cm³/mol. The standard InChI is InChI=1S/C11H11BrClNO3/c1-6(11(16)17-2)14-10(15)8-5-7(12)3-4-9(8)13/h3-6H,1-2H3,(H,14,15). The highest BCUT2D eigenvalue weighted by atomic mass is 79.9. The molecule has 0 aliphatic heterocycles. The van der Waals surface area contributed by atoms with E-state index in [1.54, 1.807) is 18.2 Å². The average molecular weight is 321 g/mol. The molecule has 17 heavy (non-hydrogen) atoms. The first-order chi connectivity index (χ1) is 7.95. The van der Waals surface area contributed by atoms with E-state index >= 15 is 0 Å². The molecule has 0 saturated heterocycles. The molecule has 1 aromatic rings. The Morgan fingerprint density at radius 1 is 1.47 bits per heavy atom. The fourth-order valence-electron chi connectivity index (χ4n) is 1.18. The van der Waals surface area contributed by atoms with E-state index in [2.05, 4.69) is 26.0 Å². The molecule has 1 N–H and O–H groups in total. The van der Waals surface area contributed by atoms with Gasteiger partial charge in [-0.25, -0.2) is 4.79 Å². The zero-order valence-corrected chi connectivity index (χ0v) is 11.6. The zero-order chi connectivity index (χ0) is 13.0. The van der Waals surface area contributed by atoms with E-state index < -0.39 is 17.9 Å². The molecule has 1 unspecified atom stereocenters. The molecule has 6 heteroatoms. The molecular formula is C11H11BrClNO3. The van der Waals surface area contributed by atoms with E-state index in [4.69, 9.17) is 11.6 Å². The number of ether oxygens (including phenoxy) is 1. The lowest BCUT2D eigenvalue weighted by Crippen LogP contribution is -2.39. The number of halogens is 2. The van der Waals surface area contributed by atoms with Crippen LogP contribution >= 0.6 is 27.5 Å². The molecule has 0 spiro atoms. The summed E-state index contributed by atoms with van der Waals surface area (Å²) in [7, 11) is 1.26. The minimum atomic E-state index is -0.720. The first-order valence-electron chi connectivity index (χ1n) is 4.79. The van der Waals surface area contributed by atoms with Crippen LogP contribution in [0.15, 0.2) is 22.7 Å². The number of nitrogens with one attached hydrogen (secondary N) is 1. The van der Waals surface area contributed by atoms with Crippen LogP contribution in [0.2, 0.25) is 5.02 Å². The van der Waals surface area contributed by atoms with Crippen LogP contribution in [0.5, 0.6) is 0 Å². The van der Waals surface area contributed by atoms with Gasteiger partial charge >= 0.3 is 5.97 Å². The van der Waals surface area contributed by atoms with Crippen molar-refractivity contribution in [3.05, 3.63) is 33.3 Å². The highest BCUT2D eigenvalue weighted by molar-refractivity contribution is 9.10. The van der Waals surface area contributed by atoms with Crippen LogP contribution in [0, 0.1) is 0 Å². The third kappa shape index (κ3) is 3.71. The van der Waals surface area contributed by atoms with Crippen LogP contribution in [-0.4, -0.2) is 25.0 Å². The Labute approximate surface area is 112 Å². The summed E-state index contributed by atoms with van der Waals surface area (Å²) in [5.41, 5.74) is 0.303. The number of hydrogen-bond acceptors (Lipinski definition) is 3. The van der Waals surface area contributed by atoms with Gasteiger partial charge in [0.2, 0.25) is 0 Å². The van der Waals surface area contributed by atoms with Gasteiger partial charge in [-0.2, -0.15) is 0 Å². The van der Waals surface area contributed by atoms with Crippen LogP contribution in [0.3, 0.4) is 0 Å². The third-order valence-corrected chi connectivity index (χ3v) is 2.90. The average Bonchev–Trinajstić information content (AvgIpc) is 2.30. The Bertz CT molecular complexity index is 450. The first kappa shape index (κ1) is 14.0. The molecule has 0 heterocycles. The van der Waals surface area contributed by atoms with Gasteiger partial charge in [0.05, 0.1) is 17.7 Å². The number of benzene rings is 1. The zero-order valence-electron chi connectivity index (χ0n) is 9.29. The molecule has 4 nitrogen and oxygen atoms in total. The van der Waals surface area contributed by atoms with Gasteiger partial charge in [-0.3, -0.25) is 4.79 Å². The lowest BCUT2D eigenvalue weighted by molar-refractivity contribution is -0.142. The molecule has 1 aromatic carbocycles. The third-order valence-electron chi connectivity index (χ3n) is 2.08. The molecule has 92 valence electrons. The summed E-state index contributed by atoms with van der Waals surface area (Å²) in [6.45, 7) is 1.54. The van der Waals surface area contributed by atoms with Gasteiger partial charge in [0.1, 0.15) is 6.04 Å². The van der Waals surface area contributed by atoms with Crippen molar-refractivity contribution in [2.75, 3.05) is 7.11 Å². The van der Waals surface area contributed by atoms with Gasteiger partial charge in [0.15, 0.2) is 0 Å². The van der Waals surface area contributed by atoms with E-state index in [-0.39, 0.29) is 0 Å². The fraction of sp³-hybridized carbons (Fsp3) is 0.273. The molecule has 0 aliphatic carbocycles. The van der Waals surface area contributed by atoms with Crippen LogP contribution in [0.4, 0.5) is 0 Å².